The average molecular weight is 632 g/mol. The van der Waals surface area contributed by atoms with E-state index in [0.717, 1.165) is 11.5 Å². The summed E-state index contributed by atoms with van der Waals surface area (Å²) in [7, 11) is -6.33. The second-order valence-electron chi connectivity index (χ2n) is 8.23. The van der Waals surface area contributed by atoms with Crippen LogP contribution in [0.1, 0.15) is 16.1 Å². The molecule has 1 fully saturated rings. The van der Waals surface area contributed by atoms with Crippen molar-refractivity contribution in [1.29, 1.82) is 0 Å². The zero-order valence-electron chi connectivity index (χ0n) is 20.6. The molecule has 1 aromatic heterocycles. The summed E-state index contributed by atoms with van der Waals surface area (Å²) in [5.41, 5.74) is 0.148. The van der Waals surface area contributed by atoms with Gasteiger partial charge in [-0.25, -0.2) is 16.8 Å². The predicted octanol–water partition coefficient (Wildman–Crippen LogP) is 4.02. The van der Waals surface area contributed by atoms with Crippen LogP contribution >= 0.6 is 35.0 Å². The van der Waals surface area contributed by atoms with E-state index < -0.39 is 26.0 Å². The van der Waals surface area contributed by atoms with Gasteiger partial charge >= 0.3 is 5.91 Å². The normalized spacial score (nSPS) is 14.5. The standard InChI is InChI=1S/C22H21Cl2N7O5S3/c1-14-20(21(24)30(2)27-14)38(33,34)28-19-8-3-15(23)13-18(19)22(32)26-29-25-16-4-6-17(7-5-16)39(35,36)31-9-11-37-12-10-31/h3-8,13H,9-12H2,1-2H3/p+1. The van der Waals surface area contributed by atoms with Crippen molar-refractivity contribution in [2.45, 2.75) is 16.7 Å². The van der Waals surface area contributed by atoms with E-state index in [1.807, 2.05) is 0 Å². The first-order valence-corrected chi connectivity index (χ1v) is 16.1. The SMILES string of the molecule is Cc1nn(C)c(Cl)c1S(=O)(=O)Nc1ccc(Cl)cc1C(=O)N=[N+]=Nc1ccc(S(=O)(=O)N2CCSCC2)cc1. The molecule has 2 aromatic carbocycles. The Hall–Kier alpha value is -2.78. The number of carbonyl (C=O) groups is 1. The molecular formula is C22H22Cl2N7O5S3+. The molecule has 0 unspecified atom stereocenters. The molecule has 1 aliphatic heterocycles. The largest absolute Gasteiger partial charge is 0.362 e. The average Bonchev–Trinajstić information content (AvgIpc) is 3.17. The zero-order valence-corrected chi connectivity index (χ0v) is 24.5. The fourth-order valence-electron chi connectivity index (χ4n) is 3.68. The number of nitrogens with one attached hydrogen (secondary N) is 1. The molecule has 1 saturated heterocycles. The summed E-state index contributed by atoms with van der Waals surface area (Å²) in [4.78, 5) is 16.2. The lowest BCUT2D eigenvalue weighted by molar-refractivity contribution is 0.0993. The summed E-state index contributed by atoms with van der Waals surface area (Å²) in [6.07, 6.45) is 0. The number of rotatable bonds is 7. The number of anilines is 1. The maximum Gasteiger partial charge on any atom is 0.362 e. The second-order valence-corrected chi connectivity index (χ2v) is 13.8. The van der Waals surface area contributed by atoms with E-state index in [1.165, 1.54) is 65.4 Å². The van der Waals surface area contributed by atoms with Crippen molar-refractivity contribution in [2.75, 3.05) is 29.3 Å². The highest BCUT2D eigenvalue weighted by molar-refractivity contribution is 7.99. The molecule has 39 heavy (non-hydrogen) atoms. The van der Waals surface area contributed by atoms with Crippen molar-refractivity contribution >= 4 is 72.3 Å². The van der Waals surface area contributed by atoms with E-state index in [-0.39, 0.29) is 42.6 Å². The molecule has 0 radical (unpaired) electrons. The maximum absolute atomic E-state index is 13.0. The maximum atomic E-state index is 13.0. The molecule has 206 valence electrons. The number of hydrogen-bond acceptors (Lipinski definition) is 8. The fourth-order valence-corrected chi connectivity index (χ4v) is 8.26. The van der Waals surface area contributed by atoms with E-state index in [9.17, 15) is 21.6 Å². The number of nitrogens with zero attached hydrogens (tertiary/aromatic N) is 6. The van der Waals surface area contributed by atoms with Gasteiger partial charge in [0.15, 0.2) is 10.8 Å². The number of halogens is 2. The molecule has 12 nitrogen and oxygen atoms in total. The molecule has 0 spiro atoms. The lowest BCUT2D eigenvalue weighted by Gasteiger charge is -2.25. The third-order valence-electron chi connectivity index (χ3n) is 5.57. The van der Waals surface area contributed by atoms with Gasteiger partial charge in [-0.1, -0.05) is 23.2 Å². The van der Waals surface area contributed by atoms with Gasteiger partial charge in [0.2, 0.25) is 20.0 Å². The molecule has 1 N–H and O–H groups in total. The molecule has 0 atom stereocenters. The van der Waals surface area contributed by atoms with Gasteiger partial charge in [-0.2, -0.15) is 21.2 Å². The first kappa shape index (κ1) is 29.2. The van der Waals surface area contributed by atoms with Gasteiger partial charge in [0.1, 0.15) is 10.0 Å². The van der Waals surface area contributed by atoms with Gasteiger partial charge in [0.05, 0.1) is 21.8 Å². The van der Waals surface area contributed by atoms with Crippen LogP contribution in [0.25, 0.3) is 0 Å². The Labute approximate surface area is 239 Å². The molecule has 17 heteroatoms. The van der Waals surface area contributed by atoms with E-state index in [4.69, 9.17) is 23.2 Å². The minimum atomic E-state index is -4.22. The quantitative estimate of drug-likeness (QED) is 0.305. The van der Waals surface area contributed by atoms with Crippen LogP contribution in [0.15, 0.2) is 62.5 Å². The second kappa shape index (κ2) is 11.8. The first-order chi connectivity index (χ1) is 18.4. The number of aromatic nitrogens is 2. The van der Waals surface area contributed by atoms with E-state index >= 15 is 0 Å². The summed E-state index contributed by atoms with van der Waals surface area (Å²) in [6, 6.07) is 9.62. The van der Waals surface area contributed by atoms with Gasteiger partial charge in [-0.05, 0) is 49.4 Å². The van der Waals surface area contributed by atoms with Crippen LogP contribution in [0.5, 0.6) is 0 Å². The summed E-state index contributed by atoms with van der Waals surface area (Å²) in [6.45, 7) is 2.39. The lowest BCUT2D eigenvalue weighted by atomic mass is 10.2. The number of benzene rings is 2. The Bertz CT molecular complexity index is 1700. The number of thioether (sulfide) groups is 1. The minimum absolute atomic E-state index is 0.103. The fraction of sp³-hybridized carbons (Fsp3) is 0.273. The molecule has 0 saturated carbocycles. The molecule has 3 aromatic rings. The van der Waals surface area contributed by atoms with E-state index in [2.05, 4.69) is 25.0 Å². The topological polar surface area (TPSA) is 157 Å². The predicted molar refractivity (Wildman–Crippen MR) is 149 cm³/mol. The van der Waals surface area contributed by atoms with Crippen molar-refractivity contribution < 1.29 is 21.6 Å². The Morgan fingerprint density at radius 2 is 1.74 bits per heavy atom. The van der Waals surface area contributed by atoms with Gasteiger partial charge in [-0.3, -0.25) is 14.2 Å². The van der Waals surface area contributed by atoms with Crippen LogP contribution in [-0.4, -0.2) is 61.4 Å². The molecule has 2 heterocycles. The monoisotopic (exact) mass is 630 g/mol. The Morgan fingerprint density at radius 3 is 2.36 bits per heavy atom. The molecule has 1 aliphatic rings. The van der Waals surface area contributed by atoms with Crippen molar-refractivity contribution in [1.82, 2.24) is 19.0 Å². The third-order valence-corrected chi connectivity index (χ3v) is 10.7. The van der Waals surface area contributed by atoms with Crippen LogP contribution in [-0.2, 0) is 27.1 Å². The third kappa shape index (κ3) is 6.52. The van der Waals surface area contributed by atoms with Crippen molar-refractivity contribution in [3.63, 3.8) is 0 Å². The van der Waals surface area contributed by atoms with Gasteiger partial charge < -0.3 is 0 Å². The van der Waals surface area contributed by atoms with Crippen molar-refractivity contribution in [2.24, 2.45) is 17.3 Å². The highest BCUT2D eigenvalue weighted by Crippen LogP contribution is 2.29. The number of carbonyl (C=O) groups excluding carboxylic acids is 1. The summed E-state index contributed by atoms with van der Waals surface area (Å²) in [5.74, 6) is 0.566. The first-order valence-electron chi connectivity index (χ1n) is 11.3. The summed E-state index contributed by atoms with van der Waals surface area (Å²) < 4.78 is 56.5. The number of hydrogen-bond donors (Lipinski definition) is 1. The number of sulfonamides is 2. The van der Waals surface area contributed by atoms with E-state index in [0.29, 0.717) is 13.1 Å². The molecular weight excluding hydrogens is 609 g/mol. The van der Waals surface area contributed by atoms with Crippen LogP contribution in [0.2, 0.25) is 10.2 Å². The van der Waals surface area contributed by atoms with Crippen LogP contribution in [0.4, 0.5) is 11.4 Å². The molecule has 4 rings (SSSR count). The highest BCUT2D eigenvalue weighted by Gasteiger charge is 2.28. The van der Waals surface area contributed by atoms with Crippen LogP contribution in [0, 0.1) is 6.92 Å². The van der Waals surface area contributed by atoms with Crippen LogP contribution in [0.3, 0.4) is 0 Å². The minimum Gasteiger partial charge on any atom is -0.279 e. The number of aryl methyl sites for hydroxylation is 2. The number of amides is 1. The molecule has 0 bridgehead atoms. The zero-order chi connectivity index (χ0) is 28.4. The van der Waals surface area contributed by atoms with Crippen molar-refractivity contribution in [3.05, 3.63) is 63.9 Å². The van der Waals surface area contributed by atoms with Gasteiger partial charge in [-0.15, -0.1) is 0 Å². The van der Waals surface area contributed by atoms with Gasteiger partial charge in [0.25, 0.3) is 10.0 Å². The smallest absolute Gasteiger partial charge is 0.279 e. The Kier molecular flexibility index (Phi) is 8.81. The summed E-state index contributed by atoms with van der Waals surface area (Å²) >= 11 is 13.8. The summed E-state index contributed by atoms with van der Waals surface area (Å²) in [5, 5.41) is 11.4. The lowest BCUT2D eigenvalue weighted by Crippen LogP contribution is -2.37. The molecule has 0 aliphatic carbocycles. The van der Waals surface area contributed by atoms with Crippen LogP contribution < -0.4 is 9.63 Å². The Morgan fingerprint density at radius 1 is 1.08 bits per heavy atom. The van der Waals surface area contributed by atoms with Gasteiger partial charge in [0, 0.05) is 36.7 Å². The highest BCUT2D eigenvalue weighted by atomic mass is 35.5. The molecule has 1 amide bonds. The van der Waals surface area contributed by atoms with Crippen molar-refractivity contribution in [3.8, 4) is 0 Å². The Balaban J connectivity index is 1.55. The van der Waals surface area contributed by atoms with E-state index in [1.54, 1.807) is 11.8 Å².